The molecule has 0 aliphatic carbocycles. The van der Waals surface area contributed by atoms with Crippen molar-refractivity contribution in [1.29, 1.82) is 0 Å². The van der Waals surface area contributed by atoms with Gasteiger partial charge in [-0.1, -0.05) is 6.07 Å². The molecule has 132 valence electrons. The van der Waals surface area contributed by atoms with E-state index in [4.69, 9.17) is 0 Å². The summed E-state index contributed by atoms with van der Waals surface area (Å²) in [7, 11) is 0. The van der Waals surface area contributed by atoms with E-state index in [1.54, 1.807) is 36.8 Å². The fraction of sp³-hybridized carbons (Fsp3) is 0.167. The Kier molecular flexibility index (Phi) is 5.66. The third-order valence-corrected chi connectivity index (χ3v) is 3.58. The SMILES string of the molecule is O=C(NCCCNc1cccnc1)c1cnc(-c2ccccn2)[nH]c1=O. The summed E-state index contributed by atoms with van der Waals surface area (Å²) in [5.41, 5.74) is 0.944. The van der Waals surface area contributed by atoms with Crippen molar-refractivity contribution in [3.05, 3.63) is 71.0 Å². The summed E-state index contributed by atoms with van der Waals surface area (Å²) in [6.45, 7) is 1.12. The summed E-state index contributed by atoms with van der Waals surface area (Å²) >= 11 is 0. The van der Waals surface area contributed by atoms with Crippen LogP contribution in [0.5, 0.6) is 0 Å². The van der Waals surface area contributed by atoms with Crippen molar-refractivity contribution in [3.8, 4) is 11.5 Å². The second-order valence-corrected chi connectivity index (χ2v) is 5.47. The molecular weight excluding hydrogens is 332 g/mol. The molecule has 3 aromatic heterocycles. The van der Waals surface area contributed by atoms with E-state index in [0.717, 1.165) is 5.69 Å². The molecule has 0 saturated heterocycles. The number of aromatic amines is 1. The van der Waals surface area contributed by atoms with E-state index < -0.39 is 11.5 Å². The molecule has 0 saturated carbocycles. The van der Waals surface area contributed by atoms with Crippen molar-refractivity contribution >= 4 is 11.6 Å². The topological polar surface area (TPSA) is 113 Å². The van der Waals surface area contributed by atoms with E-state index in [1.807, 2.05) is 12.1 Å². The number of carbonyl (C=O) groups is 1. The number of carbonyl (C=O) groups excluding carboxylic acids is 1. The molecule has 0 radical (unpaired) electrons. The summed E-state index contributed by atoms with van der Waals surface area (Å²) in [5, 5.41) is 5.91. The van der Waals surface area contributed by atoms with Crippen LogP contribution in [0.4, 0.5) is 5.69 Å². The maximum atomic E-state index is 12.1. The van der Waals surface area contributed by atoms with Gasteiger partial charge < -0.3 is 15.6 Å². The first-order valence-corrected chi connectivity index (χ1v) is 8.17. The van der Waals surface area contributed by atoms with Gasteiger partial charge in [-0.05, 0) is 30.7 Å². The highest BCUT2D eigenvalue weighted by Gasteiger charge is 2.12. The van der Waals surface area contributed by atoms with E-state index in [9.17, 15) is 9.59 Å². The highest BCUT2D eigenvalue weighted by Crippen LogP contribution is 2.08. The van der Waals surface area contributed by atoms with Gasteiger partial charge in [0, 0.05) is 37.9 Å². The lowest BCUT2D eigenvalue weighted by atomic mass is 10.3. The Morgan fingerprint density at radius 1 is 1.04 bits per heavy atom. The molecule has 3 heterocycles. The first-order chi connectivity index (χ1) is 12.7. The molecule has 0 bridgehead atoms. The third kappa shape index (κ3) is 4.50. The van der Waals surface area contributed by atoms with E-state index in [2.05, 4.69) is 30.6 Å². The van der Waals surface area contributed by atoms with Crippen LogP contribution < -0.4 is 16.2 Å². The Morgan fingerprint density at radius 3 is 2.69 bits per heavy atom. The zero-order chi connectivity index (χ0) is 18.2. The molecule has 26 heavy (non-hydrogen) atoms. The molecule has 0 aliphatic heterocycles. The minimum Gasteiger partial charge on any atom is -0.384 e. The average molecular weight is 350 g/mol. The second-order valence-electron chi connectivity index (χ2n) is 5.47. The highest BCUT2D eigenvalue weighted by molar-refractivity contribution is 5.93. The lowest BCUT2D eigenvalue weighted by Crippen LogP contribution is -2.31. The van der Waals surface area contributed by atoms with Crippen molar-refractivity contribution in [2.45, 2.75) is 6.42 Å². The van der Waals surface area contributed by atoms with Crippen LogP contribution in [-0.2, 0) is 0 Å². The van der Waals surface area contributed by atoms with Crippen molar-refractivity contribution in [2.24, 2.45) is 0 Å². The van der Waals surface area contributed by atoms with Crippen molar-refractivity contribution in [3.63, 3.8) is 0 Å². The first kappa shape index (κ1) is 17.3. The number of pyridine rings is 2. The quantitative estimate of drug-likeness (QED) is 0.556. The smallest absolute Gasteiger partial charge is 0.264 e. The molecule has 3 rings (SSSR count). The summed E-state index contributed by atoms with van der Waals surface area (Å²) in [6, 6.07) is 9.06. The van der Waals surface area contributed by atoms with Crippen LogP contribution in [0.1, 0.15) is 16.8 Å². The number of aromatic nitrogens is 4. The molecule has 8 nitrogen and oxygen atoms in total. The summed E-state index contributed by atoms with van der Waals surface area (Å²) in [6.07, 6.45) is 7.02. The summed E-state index contributed by atoms with van der Waals surface area (Å²) in [5.74, 6) is -0.125. The van der Waals surface area contributed by atoms with Gasteiger partial charge in [-0.2, -0.15) is 0 Å². The van der Waals surface area contributed by atoms with E-state index in [0.29, 0.717) is 31.0 Å². The van der Waals surface area contributed by atoms with Crippen LogP contribution in [0, 0.1) is 0 Å². The number of hydrogen-bond donors (Lipinski definition) is 3. The largest absolute Gasteiger partial charge is 0.384 e. The molecule has 0 aromatic carbocycles. The number of anilines is 1. The van der Waals surface area contributed by atoms with Crippen LogP contribution >= 0.6 is 0 Å². The summed E-state index contributed by atoms with van der Waals surface area (Å²) in [4.78, 5) is 39.1. The fourth-order valence-electron chi connectivity index (χ4n) is 2.28. The Balaban J connectivity index is 1.51. The molecule has 3 N–H and O–H groups in total. The number of nitrogens with zero attached hydrogens (tertiary/aromatic N) is 3. The van der Waals surface area contributed by atoms with Gasteiger partial charge in [-0.3, -0.25) is 19.6 Å². The third-order valence-electron chi connectivity index (χ3n) is 3.58. The molecule has 8 heteroatoms. The van der Waals surface area contributed by atoms with Gasteiger partial charge in [0.25, 0.3) is 11.5 Å². The Hall–Kier alpha value is -3.55. The van der Waals surface area contributed by atoms with E-state index >= 15 is 0 Å². The Bertz CT molecular complexity index is 912. The lowest BCUT2D eigenvalue weighted by Gasteiger charge is -2.07. The van der Waals surface area contributed by atoms with Crippen LogP contribution in [0.3, 0.4) is 0 Å². The number of amides is 1. The van der Waals surface area contributed by atoms with Crippen LogP contribution in [0.15, 0.2) is 59.9 Å². The molecule has 0 unspecified atom stereocenters. The van der Waals surface area contributed by atoms with Gasteiger partial charge in [0.1, 0.15) is 11.3 Å². The van der Waals surface area contributed by atoms with Crippen LogP contribution in [-0.4, -0.2) is 38.9 Å². The number of nitrogens with one attached hydrogen (secondary N) is 3. The number of hydrogen-bond acceptors (Lipinski definition) is 6. The van der Waals surface area contributed by atoms with Crippen LogP contribution in [0.2, 0.25) is 0 Å². The lowest BCUT2D eigenvalue weighted by molar-refractivity contribution is 0.0951. The van der Waals surface area contributed by atoms with E-state index in [1.165, 1.54) is 6.20 Å². The minimum absolute atomic E-state index is 0.0232. The predicted octanol–water partition coefficient (Wildman–Crippen LogP) is 1.46. The average Bonchev–Trinajstić information content (AvgIpc) is 2.69. The van der Waals surface area contributed by atoms with Gasteiger partial charge >= 0.3 is 0 Å². The Morgan fingerprint density at radius 2 is 1.96 bits per heavy atom. The maximum Gasteiger partial charge on any atom is 0.264 e. The van der Waals surface area contributed by atoms with Crippen molar-refractivity contribution in [2.75, 3.05) is 18.4 Å². The highest BCUT2D eigenvalue weighted by atomic mass is 16.2. The first-order valence-electron chi connectivity index (χ1n) is 8.17. The van der Waals surface area contributed by atoms with Gasteiger partial charge in [0.2, 0.25) is 0 Å². The molecular formula is C18H18N6O2. The van der Waals surface area contributed by atoms with Crippen molar-refractivity contribution < 1.29 is 4.79 Å². The zero-order valence-corrected chi connectivity index (χ0v) is 14.0. The fourth-order valence-corrected chi connectivity index (χ4v) is 2.28. The molecule has 1 amide bonds. The van der Waals surface area contributed by atoms with Gasteiger partial charge in [-0.25, -0.2) is 4.98 Å². The van der Waals surface area contributed by atoms with Gasteiger partial charge in [0.15, 0.2) is 5.82 Å². The molecule has 0 fully saturated rings. The van der Waals surface area contributed by atoms with Gasteiger partial charge in [0.05, 0.1) is 5.69 Å². The molecule has 0 aliphatic rings. The normalized spacial score (nSPS) is 10.3. The zero-order valence-electron chi connectivity index (χ0n) is 14.0. The van der Waals surface area contributed by atoms with Crippen molar-refractivity contribution in [1.82, 2.24) is 25.3 Å². The van der Waals surface area contributed by atoms with Crippen LogP contribution in [0.25, 0.3) is 11.5 Å². The number of rotatable bonds is 7. The molecule has 0 atom stereocenters. The minimum atomic E-state index is -0.494. The van der Waals surface area contributed by atoms with E-state index in [-0.39, 0.29) is 5.56 Å². The Labute approximate surface area is 149 Å². The number of H-pyrrole nitrogens is 1. The molecule has 3 aromatic rings. The molecule has 0 spiro atoms. The predicted molar refractivity (Wildman–Crippen MR) is 97.8 cm³/mol. The summed E-state index contributed by atoms with van der Waals surface area (Å²) < 4.78 is 0. The standard InChI is InChI=1S/C18H18N6O2/c25-17(22-10-4-9-20-13-5-3-7-19-11-13)14-12-23-16(24-18(14)26)15-6-1-2-8-21-15/h1-3,5-8,11-12,20H,4,9-10H2,(H,22,25)(H,23,24,26). The van der Waals surface area contributed by atoms with Gasteiger partial charge in [-0.15, -0.1) is 0 Å². The second kappa shape index (κ2) is 8.52. The monoisotopic (exact) mass is 350 g/mol. The maximum absolute atomic E-state index is 12.1.